The Labute approximate surface area is 138 Å². The minimum absolute atomic E-state index is 0.245. The molecule has 0 spiro atoms. The molecular formula is C17H14ClFN4. The predicted octanol–water partition coefficient (Wildman–Crippen LogP) is 4.62. The summed E-state index contributed by atoms with van der Waals surface area (Å²) in [6.07, 6.45) is 1.48. The van der Waals surface area contributed by atoms with E-state index in [1.54, 1.807) is 30.3 Å². The lowest BCUT2D eigenvalue weighted by Crippen LogP contribution is -2.03. The third kappa shape index (κ3) is 4.40. The van der Waals surface area contributed by atoms with Crippen LogP contribution in [0.3, 0.4) is 0 Å². The van der Waals surface area contributed by atoms with E-state index in [4.69, 9.17) is 11.6 Å². The van der Waals surface area contributed by atoms with Crippen LogP contribution < -0.4 is 10.6 Å². The van der Waals surface area contributed by atoms with Crippen molar-refractivity contribution in [2.24, 2.45) is 0 Å². The molecule has 2 N–H and O–H groups in total. The van der Waals surface area contributed by atoms with E-state index in [9.17, 15) is 4.39 Å². The molecule has 4 nitrogen and oxygen atoms in total. The summed E-state index contributed by atoms with van der Waals surface area (Å²) in [7, 11) is 0. The van der Waals surface area contributed by atoms with Gasteiger partial charge >= 0.3 is 0 Å². The second-order valence-electron chi connectivity index (χ2n) is 4.90. The van der Waals surface area contributed by atoms with E-state index in [1.165, 1.54) is 18.5 Å². The number of benzene rings is 2. The largest absolute Gasteiger partial charge is 0.366 e. The van der Waals surface area contributed by atoms with E-state index in [1.807, 2.05) is 12.1 Å². The second kappa shape index (κ2) is 7.07. The Morgan fingerprint density at radius 1 is 0.913 bits per heavy atom. The smallest absolute Gasteiger partial charge is 0.135 e. The molecule has 6 heteroatoms. The first-order valence-corrected chi connectivity index (χ1v) is 7.40. The van der Waals surface area contributed by atoms with Crippen LogP contribution >= 0.6 is 11.6 Å². The number of nitrogens with zero attached hydrogens (tertiary/aromatic N) is 2. The highest BCUT2D eigenvalue weighted by Crippen LogP contribution is 2.19. The minimum atomic E-state index is -0.245. The lowest BCUT2D eigenvalue weighted by Gasteiger charge is -2.09. The summed E-state index contributed by atoms with van der Waals surface area (Å²) in [6, 6.07) is 15.5. The van der Waals surface area contributed by atoms with Crippen molar-refractivity contribution >= 4 is 28.9 Å². The van der Waals surface area contributed by atoms with Gasteiger partial charge in [0.2, 0.25) is 0 Å². The SMILES string of the molecule is Fc1ccc(CNc2cc(Nc3ccc(Cl)cc3)ncn2)cc1. The highest BCUT2D eigenvalue weighted by molar-refractivity contribution is 6.30. The van der Waals surface area contributed by atoms with Crippen LogP contribution in [0.25, 0.3) is 0 Å². The summed E-state index contributed by atoms with van der Waals surface area (Å²) < 4.78 is 12.9. The molecule has 1 aromatic heterocycles. The molecule has 0 aliphatic heterocycles. The summed E-state index contributed by atoms with van der Waals surface area (Å²) in [5.74, 6) is 1.11. The zero-order valence-corrected chi connectivity index (χ0v) is 12.9. The Morgan fingerprint density at radius 3 is 2.35 bits per heavy atom. The van der Waals surface area contributed by atoms with Crippen molar-refractivity contribution in [3.8, 4) is 0 Å². The maximum atomic E-state index is 12.9. The van der Waals surface area contributed by atoms with E-state index < -0.39 is 0 Å². The number of halogens is 2. The summed E-state index contributed by atoms with van der Waals surface area (Å²) in [5.41, 5.74) is 1.86. The van der Waals surface area contributed by atoms with Crippen molar-refractivity contribution in [2.75, 3.05) is 10.6 Å². The first-order valence-electron chi connectivity index (χ1n) is 7.02. The normalized spacial score (nSPS) is 10.3. The maximum Gasteiger partial charge on any atom is 0.135 e. The molecule has 0 saturated carbocycles. The third-order valence-corrected chi connectivity index (χ3v) is 3.42. The molecule has 116 valence electrons. The van der Waals surface area contributed by atoms with Gasteiger partial charge in [-0.15, -0.1) is 0 Å². The Balaban J connectivity index is 1.65. The van der Waals surface area contributed by atoms with Crippen molar-refractivity contribution in [2.45, 2.75) is 6.54 Å². The Morgan fingerprint density at radius 2 is 1.61 bits per heavy atom. The fourth-order valence-electron chi connectivity index (χ4n) is 2.00. The fraction of sp³-hybridized carbons (Fsp3) is 0.0588. The van der Waals surface area contributed by atoms with Crippen LogP contribution in [0, 0.1) is 5.82 Å². The molecule has 0 bridgehead atoms. The van der Waals surface area contributed by atoms with Gasteiger partial charge in [-0.1, -0.05) is 23.7 Å². The standard InChI is InChI=1S/C17H14ClFN4/c18-13-3-7-15(8-4-13)23-17-9-16(21-11-22-17)20-10-12-1-5-14(19)6-2-12/h1-9,11H,10H2,(H2,20,21,22,23). The molecule has 0 saturated heterocycles. The number of aromatic nitrogens is 2. The topological polar surface area (TPSA) is 49.8 Å². The lowest BCUT2D eigenvalue weighted by molar-refractivity contribution is 0.627. The van der Waals surface area contributed by atoms with Gasteiger partial charge < -0.3 is 10.6 Å². The molecule has 0 aliphatic carbocycles. The maximum absolute atomic E-state index is 12.9. The van der Waals surface area contributed by atoms with Gasteiger partial charge in [0.05, 0.1) is 0 Å². The molecule has 0 amide bonds. The zero-order chi connectivity index (χ0) is 16.1. The molecule has 2 aromatic carbocycles. The van der Waals surface area contributed by atoms with Crippen molar-refractivity contribution in [3.05, 3.63) is 77.3 Å². The van der Waals surface area contributed by atoms with E-state index in [0.29, 0.717) is 23.2 Å². The van der Waals surface area contributed by atoms with Crippen molar-refractivity contribution in [3.63, 3.8) is 0 Å². The molecule has 1 heterocycles. The fourth-order valence-corrected chi connectivity index (χ4v) is 2.12. The van der Waals surface area contributed by atoms with Gasteiger partial charge in [-0.2, -0.15) is 0 Å². The van der Waals surface area contributed by atoms with Crippen LogP contribution in [0.4, 0.5) is 21.7 Å². The molecule has 0 unspecified atom stereocenters. The number of nitrogens with one attached hydrogen (secondary N) is 2. The number of rotatable bonds is 5. The molecule has 3 rings (SSSR count). The molecule has 23 heavy (non-hydrogen) atoms. The lowest BCUT2D eigenvalue weighted by atomic mass is 10.2. The molecule has 3 aromatic rings. The Hall–Kier alpha value is -2.66. The summed E-state index contributed by atoms with van der Waals surface area (Å²) in [5, 5.41) is 7.04. The quantitative estimate of drug-likeness (QED) is 0.717. The molecule has 0 atom stereocenters. The van der Waals surface area contributed by atoms with Crippen LogP contribution in [-0.4, -0.2) is 9.97 Å². The average Bonchev–Trinajstić information content (AvgIpc) is 2.57. The highest BCUT2D eigenvalue weighted by Gasteiger charge is 2.01. The van der Waals surface area contributed by atoms with Crippen LogP contribution in [0.1, 0.15) is 5.56 Å². The van der Waals surface area contributed by atoms with E-state index >= 15 is 0 Å². The summed E-state index contributed by atoms with van der Waals surface area (Å²) in [6.45, 7) is 0.553. The monoisotopic (exact) mass is 328 g/mol. The Bertz CT molecular complexity index is 775. The van der Waals surface area contributed by atoms with Gasteiger partial charge in [-0.05, 0) is 42.0 Å². The van der Waals surface area contributed by atoms with Crippen molar-refractivity contribution in [1.29, 1.82) is 0 Å². The van der Waals surface area contributed by atoms with Crippen LogP contribution in [-0.2, 0) is 6.54 Å². The van der Waals surface area contributed by atoms with Gasteiger partial charge in [0.1, 0.15) is 23.8 Å². The van der Waals surface area contributed by atoms with Crippen molar-refractivity contribution < 1.29 is 4.39 Å². The van der Waals surface area contributed by atoms with Gasteiger partial charge in [0.25, 0.3) is 0 Å². The van der Waals surface area contributed by atoms with E-state index in [0.717, 1.165) is 11.3 Å². The number of hydrogen-bond donors (Lipinski definition) is 2. The Kier molecular flexibility index (Phi) is 4.68. The molecule has 0 aliphatic rings. The van der Waals surface area contributed by atoms with Gasteiger partial charge in [-0.25, -0.2) is 14.4 Å². The zero-order valence-electron chi connectivity index (χ0n) is 12.1. The molecule has 0 fully saturated rings. The van der Waals surface area contributed by atoms with Crippen LogP contribution in [0.15, 0.2) is 60.9 Å². The highest BCUT2D eigenvalue weighted by atomic mass is 35.5. The second-order valence-corrected chi connectivity index (χ2v) is 5.34. The first-order chi connectivity index (χ1) is 11.2. The first kappa shape index (κ1) is 15.2. The van der Waals surface area contributed by atoms with E-state index in [-0.39, 0.29) is 5.82 Å². The summed E-state index contributed by atoms with van der Waals surface area (Å²) >= 11 is 5.86. The average molecular weight is 329 g/mol. The number of anilines is 3. The number of hydrogen-bond acceptors (Lipinski definition) is 4. The van der Waals surface area contributed by atoms with Crippen molar-refractivity contribution in [1.82, 2.24) is 9.97 Å². The molecular weight excluding hydrogens is 315 g/mol. The van der Waals surface area contributed by atoms with Crippen LogP contribution in [0.2, 0.25) is 5.02 Å². The molecule has 0 radical (unpaired) electrons. The predicted molar refractivity (Wildman–Crippen MR) is 90.5 cm³/mol. The van der Waals surface area contributed by atoms with Gasteiger partial charge in [0.15, 0.2) is 0 Å². The van der Waals surface area contributed by atoms with Gasteiger partial charge in [-0.3, -0.25) is 0 Å². The summed E-state index contributed by atoms with van der Waals surface area (Å²) in [4.78, 5) is 8.35. The minimum Gasteiger partial charge on any atom is -0.366 e. The third-order valence-electron chi connectivity index (χ3n) is 3.17. The van der Waals surface area contributed by atoms with Crippen LogP contribution in [0.5, 0.6) is 0 Å². The van der Waals surface area contributed by atoms with E-state index in [2.05, 4.69) is 20.6 Å². The van der Waals surface area contributed by atoms with Gasteiger partial charge in [0, 0.05) is 23.3 Å².